The van der Waals surface area contributed by atoms with E-state index in [1.54, 1.807) is 36.5 Å². The molecule has 0 unspecified atom stereocenters. The molecule has 2 heterocycles. The van der Waals surface area contributed by atoms with Crippen LogP contribution < -0.4 is 16.0 Å². The van der Waals surface area contributed by atoms with Gasteiger partial charge in [-0.1, -0.05) is 29.3 Å². The topological polar surface area (TPSA) is 112 Å². The van der Waals surface area contributed by atoms with Crippen molar-refractivity contribution in [2.45, 2.75) is 18.8 Å². The number of amides is 1. The van der Waals surface area contributed by atoms with Crippen LogP contribution in [0.5, 0.6) is 0 Å². The third kappa shape index (κ3) is 5.41. The van der Waals surface area contributed by atoms with E-state index >= 15 is 0 Å². The lowest BCUT2D eigenvalue weighted by molar-refractivity contribution is 0.102. The number of aliphatic hydroxyl groups excluding tert-OH is 1. The maximum Gasteiger partial charge on any atom is 0.258 e. The van der Waals surface area contributed by atoms with Crippen molar-refractivity contribution in [2.24, 2.45) is 0 Å². The number of nitrogens with zero attached hydrogens (tertiary/aromatic N) is 3. The lowest BCUT2D eigenvalue weighted by Gasteiger charge is -2.12. The minimum atomic E-state index is -0.415. The Hall–Kier alpha value is -2.94. The van der Waals surface area contributed by atoms with Gasteiger partial charge in [-0.05, 0) is 31.0 Å². The predicted octanol–water partition coefficient (Wildman–Crippen LogP) is 4.46. The zero-order chi connectivity index (χ0) is 21.8. The third-order valence-electron chi connectivity index (χ3n) is 4.60. The largest absolute Gasteiger partial charge is 0.395 e. The number of nitrogens with one attached hydrogen (secondary N) is 3. The van der Waals surface area contributed by atoms with Gasteiger partial charge in [0.25, 0.3) is 5.91 Å². The smallest absolute Gasteiger partial charge is 0.258 e. The first-order chi connectivity index (χ1) is 15.0. The van der Waals surface area contributed by atoms with Crippen LogP contribution in [0, 0.1) is 0 Å². The van der Waals surface area contributed by atoms with Crippen molar-refractivity contribution < 1.29 is 9.90 Å². The van der Waals surface area contributed by atoms with Crippen molar-refractivity contribution in [1.82, 2.24) is 15.0 Å². The molecule has 1 aliphatic carbocycles. The minimum Gasteiger partial charge on any atom is -0.395 e. The zero-order valence-electron chi connectivity index (χ0n) is 16.4. The van der Waals surface area contributed by atoms with Crippen LogP contribution in [0.1, 0.15) is 34.8 Å². The van der Waals surface area contributed by atoms with Crippen molar-refractivity contribution in [3.05, 3.63) is 63.9 Å². The SMILES string of the molecule is O=C(Nc1ccnc(Nc2cc(C3CC3)nc(NCCO)n2)c1)c1c(Cl)cccc1Cl. The Morgan fingerprint density at radius 3 is 2.58 bits per heavy atom. The number of pyridine rings is 1. The second kappa shape index (κ2) is 9.47. The number of aliphatic hydroxyl groups is 1. The highest BCUT2D eigenvalue weighted by atomic mass is 35.5. The van der Waals surface area contributed by atoms with Gasteiger partial charge in [0, 0.05) is 36.5 Å². The lowest BCUT2D eigenvalue weighted by Crippen LogP contribution is -2.13. The average molecular weight is 459 g/mol. The van der Waals surface area contributed by atoms with Gasteiger partial charge in [-0.25, -0.2) is 9.97 Å². The number of carbonyl (C=O) groups is 1. The van der Waals surface area contributed by atoms with Gasteiger partial charge >= 0.3 is 0 Å². The van der Waals surface area contributed by atoms with Crippen molar-refractivity contribution >= 4 is 52.4 Å². The molecule has 1 fully saturated rings. The number of aromatic nitrogens is 3. The molecular weight excluding hydrogens is 439 g/mol. The number of benzene rings is 1. The van der Waals surface area contributed by atoms with Gasteiger partial charge in [-0.3, -0.25) is 4.79 Å². The second-order valence-electron chi connectivity index (χ2n) is 7.03. The van der Waals surface area contributed by atoms with Crippen LogP contribution in [0.2, 0.25) is 10.0 Å². The number of rotatable bonds is 8. The van der Waals surface area contributed by atoms with Gasteiger partial charge < -0.3 is 21.1 Å². The number of halogens is 2. The van der Waals surface area contributed by atoms with Crippen LogP contribution in [0.15, 0.2) is 42.6 Å². The van der Waals surface area contributed by atoms with Crippen LogP contribution in [0.25, 0.3) is 0 Å². The van der Waals surface area contributed by atoms with Gasteiger partial charge in [0.1, 0.15) is 11.6 Å². The fraction of sp³-hybridized carbons (Fsp3) is 0.238. The van der Waals surface area contributed by atoms with Crippen LogP contribution in [0.4, 0.5) is 23.3 Å². The Morgan fingerprint density at radius 2 is 1.87 bits per heavy atom. The Bertz CT molecular complexity index is 1090. The van der Waals surface area contributed by atoms with E-state index in [0.717, 1.165) is 18.5 Å². The molecule has 8 nitrogen and oxygen atoms in total. The molecule has 1 saturated carbocycles. The van der Waals surface area contributed by atoms with Crippen molar-refractivity contribution in [2.75, 3.05) is 29.1 Å². The lowest BCUT2D eigenvalue weighted by atomic mass is 10.2. The van der Waals surface area contributed by atoms with E-state index in [4.69, 9.17) is 28.3 Å². The summed E-state index contributed by atoms with van der Waals surface area (Å²) in [5.74, 6) is 1.52. The van der Waals surface area contributed by atoms with E-state index in [2.05, 4.69) is 30.9 Å². The predicted molar refractivity (Wildman–Crippen MR) is 122 cm³/mol. The van der Waals surface area contributed by atoms with Crippen LogP contribution in [0.3, 0.4) is 0 Å². The molecule has 3 aromatic rings. The van der Waals surface area contributed by atoms with E-state index in [9.17, 15) is 4.79 Å². The van der Waals surface area contributed by atoms with Crippen molar-refractivity contribution in [3.63, 3.8) is 0 Å². The molecule has 1 aliphatic rings. The summed E-state index contributed by atoms with van der Waals surface area (Å²) in [6, 6.07) is 10.1. The Labute approximate surface area is 189 Å². The highest BCUT2D eigenvalue weighted by molar-refractivity contribution is 6.40. The first kappa shape index (κ1) is 21.3. The second-order valence-corrected chi connectivity index (χ2v) is 7.85. The summed E-state index contributed by atoms with van der Waals surface area (Å²) >= 11 is 12.2. The molecule has 0 radical (unpaired) electrons. The molecule has 10 heteroatoms. The third-order valence-corrected chi connectivity index (χ3v) is 5.23. The summed E-state index contributed by atoms with van der Waals surface area (Å²) in [6.45, 7) is 0.344. The molecule has 0 atom stereocenters. The van der Waals surface area contributed by atoms with E-state index in [0.29, 0.717) is 35.7 Å². The Kier molecular flexibility index (Phi) is 6.50. The first-order valence-electron chi connectivity index (χ1n) is 9.75. The molecule has 0 aliphatic heterocycles. The van der Waals surface area contributed by atoms with Crippen LogP contribution in [-0.2, 0) is 0 Å². The van der Waals surface area contributed by atoms with Crippen molar-refractivity contribution in [3.8, 4) is 0 Å². The number of anilines is 4. The minimum absolute atomic E-state index is 0.0154. The molecule has 31 heavy (non-hydrogen) atoms. The normalized spacial score (nSPS) is 13.0. The summed E-state index contributed by atoms with van der Waals surface area (Å²) in [7, 11) is 0. The molecule has 1 amide bonds. The highest BCUT2D eigenvalue weighted by Crippen LogP contribution is 2.40. The zero-order valence-corrected chi connectivity index (χ0v) is 17.9. The number of hydrogen-bond acceptors (Lipinski definition) is 7. The summed E-state index contributed by atoms with van der Waals surface area (Å²) in [5, 5.41) is 18.5. The number of carbonyl (C=O) groups excluding carboxylic acids is 1. The first-order valence-corrected chi connectivity index (χ1v) is 10.5. The molecule has 0 spiro atoms. The van der Waals surface area contributed by atoms with Crippen molar-refractivity contribution in [1.29, 1.82) is 0 Å². The average Bonchev–Trinajstić information content (AvgIpc) is 3.58. The molecule has 160 valence electrons. The monoisotopic (exact) mass is 458 g/mol. The van der Waals surface area contributed by atoms with Crippen LogP contribution >= 0.6 is 23.2 Å². The maximum absolute atomic E-state index is 12.6. The van der Waals surface area contributed by atoms with Crippen LogP contribution in [-0.4, -0.2) is 39.1 Å². The van der Waals surface area contributed by atoms with E-state index in [-0.39, 0.29) is 22.2 Å². The fourth-order valence-corrected chi connectivity index (χ4v) is 3.55. The Morgan fingerprint density at radius 1 is 1.10 bits per heavy atom. The van der Waals surface area contributed by atoms with Gasteiger partial charge in [0.2, 0.25) is 5.95 Å². The highest BCUT2D eigenvalue weighted by Gasteiger charge is 2.26. The maximum atomic E-state index is 12.6. The molecular formula is C21H20Cl2N6O2. The summed E-state index contributed by atoms with van der Waals surface area (Å²) in [6.07, 6.45) is 3.76. The molecule has 4 rings (SSSR count). The molecule has 1 aromatic carbocycles. The van der Waals surface area contributed by atoms with Gasteiger partial charge in [0.05, 0.1) is 27.9 Å². The summed E-state index contributed by atoms with van der Waals surface area (Å²) < 4.78 is 0. The van der Waals surface area contributed by atoms with Gasteiger partial charge in [0.15, 0.2) is 0 Å². The standard InChI is InChI=1S/C21H20Cl2N6O2/c22-14-2-1-3-15(23)19(14)20(31)26-13-6-7-24-17(10-13)28-18-11-16(12-4-5-12)27-21(29-18)25-8-9-30/h1-3,6-7,10-12,30H,4-5,8-9H2,(H3,24,25,26,27,28,29,31). The summed E-state index contributed by atoms with van der Waals surface area (Å²) in [5.41, 5.74) is 1.67. The quantitative estimate of drug-likeness (QED) is 0.394. The molecule has 0 saturated heterocycles. The van der Waals surface area contributed by atoms with E-state index < -0.39 is 5.91 Å². The Balaban J connectivity index is 1.52. The molecule has 0 bridgehead atoms. The fourth-order valence-electron chi connectivity index (χ4n) is 2.98. The molecule has 2 aromatic heterocycles. The summed E-state index contributed by atoms with van der Waals surface area (Å²) in [4.78, 5) is 25.9. The van der Waals surface area contributed by atoms with Gasteiger partial charge in [-0.2, -0.15) is 4.98 Å². The number of hydrogen-bond donors (Lipinski definition) is 4. The van der Waals surface area contributed by atoms with Gasteiger partial charge in [-0.15, -0.1) is 0 Å². The van der Waals surface area contributed by atoms with E-state index in [1.807, 2.05) is 6.07 Å². The van der Waals surface area contributed by atoms with E-state index in [1.165, 1.54) is 0 Å². The molecule has 4 N–H and O–H groups in total.